The summed E-state index contributed by atoms with van der Waals surface area (Å²) in [7, 11) is 0. The summed E-state index contributed by atoms with van der Waals surface area (Å²) in [6.07, 6.45) is 5.42. The molecule has 31 heavy (non-hydrogen) atoms. The maximum Gasteiger partial charge on any atom is 0.251 e. The fraction of sp³-hybridized carbons (Fsp3) is 0.304. The zero-order valence-corrected chi connectivity index (χ0v) is 17.8. The van der Waals surface area contributed by atoms with E-state index in [0.717, 1.165) is 42.8 Å². The van der Waals surface area contributed by atoms with Crippen LogP contribution in [0.3, 0.4) is 0 Å². The number of aromatic nitrogens is 4. The van der Waals surface area contributed by atoms with E-state index in [0.29, 0.717) is 11.0 Å². The highest BCUT2D eigenvalue weighted by molar-refractivity contribution is 6.30. The van der Waals surface area contributed by atoms with Crippen LogP contribution in [0.1, 0.15) is 36.4 Å². The van der Waals surface area contributed by atoms with Crippen molar-refractivity contribution in [3.8, 4) is 0 Å². The van der Waals surface area contributed by atoms with Gasteiger partial charge in [-0.15, -0.1) is 0 Å². The number of likely N-dealkylation sites (tertiary alicyclic amines) is 1. The molecule has 0 unspecified atom stereocenters. The van der Waals surface area contributed by atoms with E-state index in [-0.39, 0.29) is 18.5 Å². The van der Waals surface area contributed by atoms with Crippen molar-refractivity contribution >= 4 is 29.2 Å². The number of tetrazole rings is 1. The number of amides is 1. The van der Waals surface area contributed by atoms with E-state index < -0.39 is 0 Å². The lowest BCUT2D eigenvalue weighted by Crippen LogP contribution is -2.44. The van der Waals surface area contributed by atoms with E-state index in [1.807, 2.05) is 64.4 Å². The summed E-state index contributed by atoms with van der Waals surface area (Å²) >= 11 is 6.10. The Balaban J connectivity index is 1.55. The average Bonchev–Trinajstić information content (AvgIpc) is 3.31. The average molecular weight is 435 g/mol. The van der Waals surface area contributed by atoms with Gasteiger partial charge in [0.05, 0.1) is 5.70 Å². The van der Waals surface area contributed by atoms with Crippen LogP contribution < -0.4 is 4.90 Å². The molecule has 158 valence electrons. The minimum absolute atomic E-state index is 0.0982. The summed E-state index contributed by atoms with van der Waals surface area (Å²) < 4.78 is 1.76. The highest BCUT2D eigenvalue weighted by Gasteiger charge is 2.33. The first-order valence-electron chi connectivity index (χ1n) is 10.6. The van der Waals surface area contributed by atoms with Crippen molar-refractivity contribution in [3.63, 3.8) is 0 Å². The Labute approximate surface area is 185 Å². The number of hydrogen-bond acceptors (Lipinski definition) is 5. The molecule has 1 atom stereocenters. The number of halogens is 1. The Morgan fingerprint density at radius 1 is 1.00 bits per heavy atom. The molecule has 0 bridgehead atoms. The first kappa shape index (κ1) is 19.8. The molecule has 2 aromatic carbocycles. The Morgan fingerprint density at radius 3 is 2.48 bits per heavy atom. The number of nitrogens with zero attached hydrogens (tertiary/aromatic N) is 6. The minimum atomic E-state index is -0.196. The molecule has 7 nitrogen and oxygen atoms in total. The predicted molar refractivity (Wildman–Crippen MR) is 120 cm³/mol. The Hall–Kier alpha value is -3.19. The van der Waals surface area contributed by atoms with E-state index >= 15 is 0 Å². The van der Waals surface area contributed by atoms with E-state index in [1.165, 1.54) is 6.42 Å². The van der Waals surface area contributed by atoms with Gasteiger partial charge < -0.3 is 4.90 Å². The number of rotatable bonds is 4. The van der Waals surface area contributed by atoms with Gasteiger partial charge in [0.15, 0.2) is 0 Å². The van der Waals surface area contributed by atoms with Crippen molar-refractivity contribution in [2.45, 2.75) is 25.3 Å². The fourth-order valence-corrected chi connectivity index (χ4v) is 4.38. The smallest absolute Gasteiger partial charge is 0.251 e. The van der Waals surface area contributed by atoms with Gasteiger partial charge in [-0.2, -0.15) is 4.68 Å². The second-order valence-corrected chi connectivity index (χ2v) is 8.30. The molecule has 1 amide bonds. The Kier molecular flexibility index (Phi) is 5.42. The van der Waals surface area contributed by atoms with Gasteiger partial charge in [-0.1, -0.05) is 59.2 Å². The molecule has 0 N–H and O–H groups in total. The molecule has 0 radical (unpaired) electrons. The number of allylic oxidation sites excluding steroid dienone is 1. The lowest BCUT2D eigenvalue weighted by molar-refractivity contribution is -0.130. The van der Waals surface area contributed by atoms with E-state index in [2.05, 4.69) is 21.6 Å². The molecule has 0 saturated carbocycles. The number of piperidine rings is 1. The summed E-state index contributed by atoms with van der Waals surface area (Å²) in [5, 5.41) is 13.2. The molecule has 1 fully saturated rings. The van der Waals surface area contributed by atoms with Crippen LogP contribution in [0.15, 0.2) is 60.7 Å². The lowest BCUT2D eigenvalue weighted by atomic mass is 10.0. The van der Waals surface area contributed by atoms with Crippen molar-refractivity contribution in [1.82, 2.24) is 25.1 Å². The van der Waals surface area contributed by atoms with Gasteiger partial charge in [-0.3, -0.25) is 9.69 Å². The Bertz CT molecular complexity index is 1090. The SMILES string of the molecule is O=C(CN1C(c2ccccc2)=C[C@@H](c2ccc(Cl)cc2)n2nnnc21)N1CCCCC1. The molecule has 0 aliphatic carbocycles. The third-order valence-electron chi connectivity index (χ3n) is 5.87. The minimum Gasteiger partial charge on any atom is -0.341 e. The van der Waals surface area contributed by atoms with Gasteiger partial charge in [-0.25, -0.2) is 0 Å². The molecule has 1 aromatic heterocycles. The first-order valence-corrected chi connectivity index (χ1v) is 10.9. The predicted octanol–water partition coefficient (Wildman–Crippen LogP) is 3.79. The standard InChI is InChI=1S/C23H23ClN6O/c24-19-11-9-18(10-12-19)21-15-20(17-7-3-1-4-8-17)29(23-25-26-27-30(21)23)16-22(31)28-13-5-2-6-14-28/h1,3-4,7-12,15,21H,2,5-6,13-14,16H2/t21-/m0/s1. The normalized spacial score (nSPS) is 18.5. The lowest BCUT2D eigenvalue weighted by Gasteiger charge is -2.35. The van der Waals surface area contributed by atoms with Crippen LogP contribution in [0, 0.1) is 0 Å². The maximum atomic E-state index is 13.1. The highest BCUT2D eigenvalue weighted by atomic mass is 35.5. The molecule has 2 aliphatic heterocycles. The third kappa shape index (κ3) is 3.93. The van der Waals surface area contributed by atoms with Gasteiger partial charge in [0.1, 0.15) is 12.6 Å². The third-order valence-corrected chi connectivity index (χ3v) is 6.12. The number of fused-ring (bicyclic) bond motifs is 1. The largest absolute Gasteiger partial charge is 0.341 e. The number of benzene rings is 2. The second kappa shape index (κ2) is 8.51. The summed E-state index contributed by atoms with van der Waals surface area (Å²) in [6, 6.07) is 17.6. The summed E-state index contributed by atoms with van der Waals surface area (Å²) in [6.45, 7) is 1.83. The number of carbonyl (C=O) groups excluding carboxylic acids is 1. The van der Waals surface area contributed by atoms with Gasteiger partial charge in [0.2, 0.25) is 5.91 Å². The highest BCUT2D eigenvalue weighted by Crippen LogP contribution is 2.36. The molecule has 8 heteroatoms. The Morgan fingerprint density at radius 2 is 1.74 bits per heavy atom. The maximum absolute atomic E-state index is 13.1. The van der Waals surface area contributed by atoms with Crippen LogP contribution in [-0.4, -0.2) is 50.6 Å². The zero-order valence-electron chi connectivity index (χ0n) is 17.1. The zero-order chi connectivity index (χ0) is 21.2. The van der Waals surface area contributed by atoms with Crippen molar-refractivity contribution in [2.75, 3.05) is 24.5 Å². The van der Waals surface area contributed by atoms with Crippen molar-refractivity contribution in [3.05, 3.63) is 76.8 Å². The van der Waals surface area contributed by atoms with Crippen molar-refractivity contribution in [1.29, 1.82) is 0 Å². The molecule has 2 aliphatic rings. The van der Waals surface area contributed by atoms with Crippen molar-refractivity contribution < 1.29 is 4.79 Å². The summed E-state index contributed by atoms with van der Waals surface area (Å²) in [5.74, 6) is 0.660. The monoisotopic (exact) mass is 434 g/mol. The molecule has 3 heterocycles. The van der Waals surface area contributed by atoms with E-state index in [9.17, 15) is 4.79 Å². The number of hydrogen-bond donors (Lipinski definition) is 0. The van der Waals surface area contributed by atoms with Crippen LogP contribution in [0.4, 0.5) is 5.95 Å². The van der Waals surface area contributed by atoms with Gasteiger partial charge in [0.25, 0.3) is 5.95 Å². The molecule has 1 saturated heterocycles. The first-order chi connectivity index (χ1) is 15.2. The quantitative estimate of drug-likeness (QED) is 0.625. The molecule has 0 spiro atoms. The van der Waals surface area contributed by atoms with Gasteiger partial charge >= 0.3 is 0 Å². The van der Waals surface area contributed by atoms with E-state index in [1.54, 1.807) is 4.68 Å². The molecule has 3 aromatic rings. The fourth-order valence-electron chi connectivity index (χ4n) is 4.26. The van der Waals surface area contributed by atoms with Gasteiger partial charge in [-0.05, 0) is 59.0 Å². The van der Waals surface area contributed by atoms with Gasteiger partial charge in [0, 0.05) is 18.1 Å². The topological polar surface area (TPSA) is 67.2 Å². The van der Waals surface area contributed by atoms with Crippen LogP contribution >= 0.6 is 11.6 Å². The van der Waals surface area contributed by atoms with Crippen LogP contribution in [0.5, 0.6) is 0 Å². The number of anilines is 1. The summed E-state index contributed by atoms with van der Waals surface area (Å²) in [4.78, 5) is 17.0. The second-order valence-electron chi connectivity index (χ2n) is 7.87. The molecular formula is C23H23ClN6O. The number of carbonyl (C=O) groups is 1. The molecular weight excluding hydrogens is 412 g/mol. The van der Waals surface area contributed by atoms with E-state index in [4.69, 9.17) is 11.6 Å². The summed E-state index contributed by atoms with van der Waals surface area (Å²) in [5.41, 5.74) is 2.96. The van der Waals surface area contributed by atoms with Crippen molar-refractivity contribution in [2.24, 2.45) is 0 Å². The van der Waals surface area contributed by atoms with Crippen LogP contribution in [0.25, 0.3) is 5.70 Å². The van der Waals surface area contributed by atoms with Crippen LogP contribution in [0.2, 0.25) is 5.02 Å². The molecule has 5 rings (SSSR count). The van der Waals surface area contributed by atoms with Crippen LogP contribution in [-0.2, 0) is 4.79 Å².